The standard InChI is InChI=1S/C18H24N2S/c1-3-18(2)14-20(10-8-15-9-11-21-13-15)17-7-5-4-6-16(17)12-19-18/h4-7,9,11,13,19H,3,8,10,12,14H2,1-2H3. The number of rotatable bonds is 4. The van der Waals surface area contributed by atoms with E-state index in [0.29, 0.717) is 0 Å². The predicted molar refractivity (Wildman–Crippen MR) is 92.2 cm³/mol. The van der Waals surface area contributed by atoms with E-state index >= 15 is 0 Å². The third-order valence-electron chi connectivity index (χ3n) is 4.61. The van der Waals surface area contributed by atoms with Crippen molar-refractivity contribution in [3.63, 3.8) is 0 Å². The maximum absolute atomic E-state index is 3.75. The van der Waals surface area contributed by atoms with E-state index in [2.05, 4.69) is 65.2 Å². The predicted octanol–water partition coefficient (Wildman–Crippen LogP) is 4.07. The fraction of sp³-hybridized carbons (Fsp3) is 0.444. The van der Waals surface area contributed by atoms with Crippen molar-refractivity contribution >= 4 is 17.0 Å². The first-order chi connectivity index (χ1) is 10.2. The van der Waals surface area contributed by atoms with Gasteiger partial charge in [-0.25, -0.2) is 0 Å². The van der Waals surface area contributed by atoms with Gasteiger partial charge in [-0.2, -0.15) is 11.3 Å². The Labute approximate surface area is 131 Å². The van der Waals surface area contributed by atoms with Gasteiger partial charge < -0.3 is 10.2 Å². The quantitative estimate of drug-likeness (QED) is 0.915. The van der Waals surface area contributed by atoms with Gasteiger partial charge in [0.05, 0.1) is 0 Å². The van der Waals surface area contributed by atoms with Crippen LogP contribution in [-0.4, -0.2) is 18.6 Å². The molecule has 1 aliphatic heterocycles. The van der Waals surface area contributed by atoms with Crippen LogP contribution in [0.25, 0.3) is 0 Å². The molecule has 3 rings (SSSR count). The van der Waals surface area contributed by atoms with Crippen LogP contribution in [0.15, 0.2) is 41.1 Å². The molecule has 0 saturated heterocycles. The van der Waals surface area contributed by atoms with E-state index in [4.69, 9.17) is 0 Å². The van der Waals surface area contributed by atoms with Gasteiger partial charge in [0.2, 0.25) is 0 Å². The average Bonchev–Trinajstić information content (AvgIpc) is 2.98. The van der Waals surface area contributed by atoms with Gasteiger partial charge in [0.25, 0.3) is 0 Å². The minimum absolute atomic E-state index is 0.188. The van der Waals surface area contributed by atoms with E-state index in [0.717, 1.165) is 32.5 Å². The highest BCUT2D eigenvalue weighted by Gasteiger charge is 2.29. The maximum atomic E-state index is 3.75. The molecule has 0 aliphatic carbocycles. The molecule has 0 amide bonds. The highest BCUT2D eigenvalue weighted by atomic mass is 32.1. The average molecular weight is 300 g/mol. The van der Waals surface area contributed by atoms with Crippen LogP contribution >= 0.6 is 11.3 Å². The zero-order chi connectivity index (χ0) is 14.7. The Hall–Kier alpha value is -1.32. The number of nitrogens with one attached hydrogen (secondary N) is 1. The molecule has 0 bridgehead atoms. The summed E-state index contributed by atoms with van der Waals surface area (Å²) in [5.41, 5.74) is 4.46. The number of thiophene rings is 1. The lowest BCUT2D eigenvalue weighted by Gasteiger charge is -2.34. The number of para-hydroxylation sites is 1. The van der Waals surface area contributed by atoms with E-state index in [-0.39, 0.29) is 5.54 Å². The zero-order valence-corrected chi connectivity index (χ0v) is 13.7. The number of fused-ring (bicyclic) bond motifs is 1. The zero-order valence-electron chi connectivity index (χ0n) is 12.9. The third-order valence-corrected chi connectivity index (χ3v) is 5.34. The Morgan fingerprint density at radius 1 is 1.29 bits per heavy atom. The SMILES string of the molecule is CCC1(C)CN(CCc2ccsc2)c2ccccc2CN1. The number of nitrogens with zero attached hydrogens (tertiary/aromatic N) is 1. The van der Waals surface area contributed by atoms with Gasteiger partial charge in [0, 0.05) is 30.9 Å². The van der Waals surface area contributed by atoms with Crippen molar-refractivity contribution in [1.82, 2.24) is 5.32 Å². The molecule has 1 aromatic heterocycles. The van der Waals surface area contributed by atoms with Gasteiger partial charge in [-0.1, -0.05) is 25.1 Å². The molecule has 2 nitrogen and oxygen atoms in total. The molecule has 1 N–H and O–H groups in total. The van der Waals surface area contributed by atoms with E-state index in [1.54, 1.807) is 11.3 Å². The van der Waals surface area contributed by atoms with Gasteiger partial charge in [-0.3, -0.25) is 0 Å². The molecule has 1 unspecified atom stereocenters. The molecular weight excluding hydrogens is 276 g/mol. The Bertz CT molecular complexity index is 579. The summed E-state index contributed by atoms with van der Waals surface area (Å²) in [5, 5.41) is 8.18. The van der Waals surface area contributed by atoms with Crippen LogP contribution in [0, 0.1) is 0 Å². The number of hydrogen-bond acceptors (Lipinski definition) is 3. The fourth-order valence-corrected chi connectivity index (χ4v) is 3.68. The summed E-state index contributed by atoms with van der Waals surface area (Å²) in [5.74, 6) is 0. The van der Waals surface area contributed by atoms with Crippen molar-refractivity contribution in [3.05, 3.63) is 52.2 Å². The second kappa shape index (κ2) is 6.20. The molecule has 112 valence electrons. The lowest BCUT2D eigenvalue weighted by atomic mass is 9.98. The van der Waals surface area contributed by atoms with Crippen molar-refractivity contribution in [2.24, 2.45) is 0 Å². The highest BCUT2D eigenvalue weighted by Crippen LogP contribution is 2.28. The van der Waals surface area contributed by atoms with Crippen LogP contribution in [0.5, 0.6) is 0 Å². The smallest absolute Gasteiger partial charge is 0.0412 e. The largest absolute Gasteiger partial charge is 0.369 e. The second-order valence-electron chi connectivity index (χ2n) is 6.20. The van der Waals surface area contributed by atoms with Crippen molar-refractivity contribution < 1.29 is 0 Å². The molecule has 0 fully saturated rings. The lowest BCUT2D eigenvalue weighted by molar-refractivity contribution is 0.349. The van der Waals surface area contributed by atoms with Gasteiger partial charge in [0.15, 0.2) is 0 Å². The lowest BCUT2D eigenvalue weighted by Crippen LogP contribution is -2.49. The molecule has 2 heterocycles. The third kappa shape index (κ3) is 3.30. The van der Waals surface area contributed by atoms with Gasteiger partial charge >= 0.3 is 0 Å². The summed E-state index contributed by atoms with van der Waals surface area (Å²) in [6.45, 7) is 7.75. The molecule has 2 aromatic rings. The van der Waals surface area contributed by atoms with Crippen molar-refractivity contribution in [2.45, 2.75) is 38.8 Å². The summed E-state index contributed by atoms with van der Waals surface area (Å²) >= 11 is 1.79. The van der Waals surface area contributed by atoms with Crippen LogP contribution in [0.2, 0.25) is 0 Å². The van der Waals surface area contributed by atoms with Gasteiger partial charge in [-0.15, -0.1) is 0 Å². The first-order valence-electron chi connectivity index (χ1n) is 7.79. The summed E-state index contributed by atoms with van der Waals surface area (Å²) in [4.78, 5) is 2.57. The Balaban J connectivity index is 1.83. The topological polar surface area (TPSA) is 15.3 Å². The molecular formula is C18H24N2S. The summed E-state index contributed by atoms with van der Waals surface area (Å²) in [7, 11) is 0. The Morgan fingerprint density at radius 2 is 2.14 bits per heavy atom. The second-order valence-corrected chi connectivity index (χ2v) is 6.98. The minimum Gasteiger partial charge on any atom is -0.369 e. The van der Waals surface area contributed by atoms with Gasteiger partial charge in [0.1, 0.15) is 0 Å². The maximum Gasteiger partial charge on any atom is 0.0412 e. The minimum atomic E-state index is 0.188. The molecule has 0 saturated carbocycles. The van der Waals surface area contributed by atoms with Crippen LogP contribution in [0.1, 0.15) is 31.4 Å². The molecule has 1 aromatic carbocycles. The summed E-state index contributed by atoms with van der Waals surface area (Å²) in [6, 6.07) is 11.1. The number of benzene rings is 1. The summed E-state index contributed by atoms with van der Waals surface area (Å²) in [6.07, 6.45) is 2.27. The molecule has 0 spiro atoms. The molecule has 3 heteroatoms. The molecule has 0 radical (unpaired) electrons. The first kappa shape index (κ1) is 14.6. The van der Waals surface area contributed by atoms with Crippen molar-refractivity contribution in [2.75, 3.05) is 18.0 Å². The first-order valence-corrected chi connectivity index (χ1v) is 8.73. The monoisotopic (exact) mass is 300 g/mol. The summed E-state index contributed by atoms with van der Waals surface area (Å²) < 4.78 is 0. The van der Waals surface area contributed by atoms with Crippen LogP contribution in [0.4, 0.5) is 5.69 Å². The van der Waals surface area contributed by atoms with Crippen LogP contribution in [-0.2, 0) is 13.0 Å². The van der Waals surface area contributed by atoms with E-state index < -0.39 is 0 Å². The Morgan fingerprint density at radius 3 is 2.90 bits per heavy atom. The van der Waals surface area contributed by atoms with E-state index in [9.17, 15) is 0 Å². The molecule has 1 atom stereocenters. The van der Waals surface area contributed by atoms with Crippen molar-refractivity contribution in [3.8, 4) is 0 Å². The Kier molecular flexibility index (Phi) is 4.32. The van der Waals surface area contributed by atoms with Gasteiger partial charge in [-0.05, 0) is 53.8 Å². The molecule has 21 heavy (non-hydrogen) atoms. The number of hydrogen-bond donors (Lipinski definition) is 1. The molecule has 1 aliphatic rings. The van der Waals surface area contributed by atoms with Crippen molar-refractivity contribution in [1.29, 1.82) is 0 Å². The van der Waals surface area contributed by atoms with E-state index in [1.165, 1.54) is 16.8 Å². The van der Waals surface area contributed by atoms with Crippen LogP contribution in [0.3, 0.4) is 0 Å². The highest BCUT2D eigenvalue weighted by molar-refractivity contribution is 7.07. The normalized spacial score (nSPS) is 21.9. The van der Waals surface area contributed by atoms with Crippen LogP contribution < -0.4 is 10.2 Å². The van der Waals surface area contributed by atoms with E-state index in [1.807, 2.05) is 0 Å². The number of anilines is 1. The fourth-order valence-electron chi connectivity index (χ4n) is 2.98.